The Hall–Kier alpha value is -0.0900. The lowest BCUT2D eigenvalue weighted by Gasteiger charge is -1.64. The minimum atomic E-state index is -2.16. The van der Waals surface area contributed by atoms with E-state index in [-0.39, 0.29) is 0 Å². The first kappa shape index (κ1) is 5.91. The second-order valence-electron chi connectivity index (χ2n) is 0.413. The van der Waals surface area contributed by atoms with E-state index in [0.717, 1.165) is 0 Å². The van der Waals surface area contributed by atoms with Crippen molar-refractivity contribution in [1.29, 1.82) is 0 Å². The zero-order valence-electron chi connectivity index (χ0n) is 2.62. The third-order valence-corrected chi connectivity index (χ3v) is 0.570. The monoisotopic (exact) mass is 123 g/mol. The summed E-state index contributed by atoms with van der Waals surface area (Å²) < 4.78 is 19.9. The van der Waals surface area contributed by atoms with Gasteiger partial charge in [-0.25, -0.2) is 4.21 Å². The first-order valence-corrected chi connectivity index (χ1v) is 2.43. The predicted octanol–water partition coefficient (Wildman–Crippen LogP) is 0.226. The van der Waals surface area contributed by atoms with Crippen molar-refractivity contribution in [2.75, 3.05) is 0 Å². The van der Waals surface area contributed by atoms with Gasteiger partial charge in [0.05, 0.1) is 5.16 Å². The van der Waals surface area contributed by atoms with Gasteiger partial charge in [-0.05, 0) is 12.2 Å². The minimum Gasteiger partial charge on any atom is -0.287 e. The van der Waals surface area contributed by atoms with Gasteiger partial charge in [0, 0.05) is 0 Å². The molecule has 0 aromatic carbocycles. The molecule has 0 saturated carbocycles. The number of isothiocyanates is 1. The van der Waals surface area contributed by atoms with Crippen LogP contribution in [-0.4, -0.2) is 13.9 Å². The highest BCUT2D eigenvalue weighted by atomic mass is 32.2. The standard InChI is InChI=1S/CHNO2S2/c3-6(4)2-1-5/h(H,3,4). The van der Waals surface area contributed by atoms with Crippen LogP contribution in [0.3, 0.4) is 0 Å². The van der Waals surface area contributed by atoms with Crippen LogP contribution in [0.4, 0.5) is 0 Å². The Morgan fingerprint density at radius 2 is 2.50 bits per heavy atom. The van der Waals surface area contributed by atoms with Gasteiger partial charge in [-0.2, -0.15) is 0 Å². The molecule has 0 rings (SSSR count). The molecular weight excluding hydrogens is 122 g/mol. The molecule has 1 N–H and O–H groups in total. The van der Waals surface area contributed by atoms with Gasteiger partial charge in [0.2, 0.25) is 0 Å². The lowest BCUT2D eigenvalue weighted by Crippen LogP contribution is -1.72. The molecule has 0 aliphatic rings. The number of hydrogen-bond donors (Lipinski definition) is 1. The zero-order valence-corrected chi connectivity index (χ0v) is 4.25. The van der Waals surface area contributed by atoms with Crippen LogP contribution in [0.5, 0.6) is 0 Å². The van der Waals surface area contributed by atoms with Gasteiger partial charge in [0.15, 0.2) is 0 Å². The highest BCUT2D eigenvalue weighted by Gasteiger charge is 1.73. The molecule has 0 aromatic heterocycles. The molecule has 34 valence electrons. The summed E-state index contributed by atoms with van der Waals surface area (Å²) in [5.41, 5.74) is 0. The maximum absolute atomic E-state index is 9.41. The molecule has 0 radical (unpaired) electrons. The fraction of sp³-hybridized carbons (Fsp3) is 0. The molecular formula is CHNO2S2. The van der Waals surface area contributed by atoms with E-state index >= 15 is 0 Å². The summed E-state index contributed by atoms with van der Waals surface area (Å²) in [5, 5.41) is 1.73. The molecule has 0 aliphatic heterocycles. The van der Waals surface area contributed by atoms with Crippen LogP contribution < -0.4 is 0 Å². The number of thiocarbonyl (C=S) groups is 1. The highest BCUT2D eigenvalue weighted by Crippen LogP contribution is 1.66. The van der Waals surface area contributed by atoms with Gasteiger partial charge < -0.3 is 0 Å². The Morgan fingerprint density at radius 3 is 2.50 bits per heavy atom. The third-order valence-electron chi connectivity index (χ3n) is 0.115. The van der Waals surface area contributed by atoms with Crippen molar-refractivity contribution in [3.63, 3.8) is 0 Å². The van der Waals surface area contributed by atoms with Crippen LogP contribution in [0, 0.1) is 0 Å². The number of hydrogen-bond acceptors (Lipinski definition) is 2. The lowest BCUT2D eigenvalue weighted by molar-refractivity contribution is 0.567. The fourth-order valence-corrected chi connectivity index (χ4v) is 0.287. The topological polar surface area (TPSA) is 49.7 Å². The first-order valence-electron chi connectivity index (χ1n) is 0.960. The Morgan fingerprint density at radius 1 is 2.00 bits per heavy atom. The van der Waals surface area contributed by atoms with E-state index in [1.807, 2.05) is 0 Å². The third kappa shape index (κ3) is 3.91. The molecule has 0 heterocycles. The van der Waals surface area contributed by atoms with E-state index in [0.29, 0.717) is 0 Å². The Kier molecular flexibility index (Phi) is 3.07. The maximum atomic E-state index is 9.41. The average molecular weight is 123 g/mol. The van der Waals surface area contributed by atoms with Crippen molar-refractivity contribution in [3.8, 4) is 0 Å². The molecule has 0 saturated heterocycles. The smallest absolute Gasteiger partial charge is 0.287 e. The summed E-state index contributed by atoms with van der Waals surface area (Å²) in [6.45, 7) is 0. The van der Waals surface area contributed by atoms with Crippen molar-refractivity contribution >= 4 is 28.6 Å². The molecule has 1 unspecified atom stereocenters. The van der Waals surface area contributed by atoms with Crippen LogP contribution >= 0.6 is 12.2 Å². The molecule has 0 aliphatic carbocycles. The van der Waals surface area contributed by atoms with Crippen molar-refractivity contribution in [1.82, 2.24) is 0 Å². The van der Waals surface area contributed by atoms with Crippen molar-refractivity contribution in [2.45, 2.75) is 0 Å². The summed E-state index contributed by atoms with van der Waals surface area (Å²) in [7, 11) is 0. The SMILES string of the molecule is O=S(O)N=C=S. The lowest BCUT2D eigenvalue weighted by atomic mass is 11.8. The normalized spacial score (nSPS) is 12.2. The first-order chi connectivity index (χ1) is 2.77. The summed E-state index contributed by atoms with van der Waals surface area (Å²) in [6.07, 6.45) is 0. The van der Waals surface area contributed by atoms with Crippen molar-refractivity contribution < 1.29 is 8.76 Å². The van der Waals surface area contributed by atoms with Gasteiger partial charge in [0.1, 0.15) is 0 Å². The molecule has 5 heteroatoms. The number of rotatable bonds is 1. The van der Waals surface area contributed by atoms with Gasteiger partial charge in [-0.1, -0.05) is 0 Å². The second kappa shape index (κ2) is 3.11. The minimum absolute atomic E-state index is 1.73. The molecule has 1 atom stereocenters. The summed E-state index contributed by atoms with van der Waals surface area (Å²) >= 11 is 1.80. The van der Waals surface area contributed by atoms with Crippen LogP contribution in [0.15, 0.2) is 4.40 Å². The van der Waals surface area contributed by atoms with Crippen molar-refractivity contribution in [3.05, 3.63) is 0 Å². The van der Waals surface area contributed by atoms with E-state index in [9.17, 15) is 4.21 Å². The molecule has 0 bridgehead atoms. The summed E-state index contributed by atoms with van der Waals surface area (Å²) in [4.78, 5) is 0. The maximum Gasteiger partial charge on any atom is 0.291 e. The molecule has 0 amide bonds. The summed E-state index contributed by atoms with van der Waals surface area (Å²) in [6, 6.07) is 0. The van der Waals surface area contributed by atoms with Gasteiger partial charge >= 0.3 is 0 Å². The fourth-order valence-electron chi connectivity index (χ4n) is 0.0319. The molecule has 0 spiro atoms. The summed E-state index contributed by atoms with van der Waals surface area (Å²) in [5.74, 6) is 0. The quantitative estimate of drug-likeness (QED) is 0.308. The van der Waals surface area contributed by atoms with Crippen LogP contribution in [0.1, 0.15) is 0 Å². The van der Waals surface area contributed by atoms with E-state index in [1.54, 1.807) is 5.16 Å². The van der Waals surface area contributed by atoms with E-state index in [2.05, 4.69) is 16.6 Å². The molecule has 6 heavy (non-hydrogen) atoms. The van der Waals surface area contributed by atoms with Gasteiger partial charge in [-0.3, -0.25) is 4.55 Å². The van der Waals surface area contributed by atoms with E-state index in [1.165, 1.54) is 0 Å². The van der Waals surface area contributed by atoms with Crippen molar-refractivity contribution in [2.24, 2.45) is 4.40 Å². The Labute approximate surface area is 42.5 Å². The largest absolute Gasteiger partial charge is 0.291 e. The zero-order chi connectivity index (χ0) is 4.99. The molecule has 0 aromatic rings. The average Bonchev–Trinajstić information content (AvgIpc) is 1.35. The Bertz CT molecular complexity index is 104. The van der Waals surface area contributed by atoms with E-state index in [4.69, 9.17) is 4.55 Å². The number of nitrogens with zero attached hydrogens (tertiary/aromatic N) is 1. The molecule has 0 fully saturated rings. The molecule has 3 nitrogen and oxygen atoms in total. The van der Waals surface area contributed by atoms with Crippen LogP contribution in [0.2, 0.25) is 0 Å². The van der Waals surface area contributed by atoms with Crippen LogP contribution in [-0.2, 0) is 11.3 Å². The second-order valence-corrected chi connectivity index (χ2v) is 1.24. The van der Waals surface area contributed by atoms with Gasteiger partial charge in [-0.15, -0.1) is 4.40 Å². The predicted molar refractivity (Wildman–Crippen MR) is 25.8 cm³/mol. The van der Waals surface area contributed by atoms with Crippen LogP contribution in [0.25, 0.3) is 0 Å². The highest BCUT2D eigenvalue weighted by molar-refractivity contribution is 7.81. The Balaban J connectivity index is 3.60. The van der Waals surface area contributed by atoms with Gasteiger partial charge in [0.25, 0.3) is 11.3 Å². The van der Waals surface area contributed by atoms with E-state index < -0.39 is 11.3 Å².